The van der Waals surface area contributed by atoms with E-state index in [1.54, 1.807) is 0 Å². The van der Waals surface area contributed by atoms with E-state index < -0.39 is 0 Å². The first kappa shape index (κ1) is 28.3. The average molecular weight is 414 g/mol. The maximum Gasteiger partial charge on any atom is 0.0683 e. The lowest BCUT2D eigenvalue weighted by Gasteiger charge is -2.21. The van der Waals surface area contributed by atoms with Crippen molar-refractivity contribution in [2.45, 2.75) is 93.0 Å². The molecule has 3 nitrogen and oxygen atoms in total. The zero-order chi connectivity index (χ0) is 22.8. The van der Waals surface area contributed by atoms with E-state index in [2.05, 4.69) is 83.9 Å². The summed E-state index contributed by atoms with van der Waals surface area (Å²) in [6, 6.07) is 0.520. The molecule has 0 spiro atoms. The molecule has 2 atom stereocenters. The smallest absolute Gasteiger partial charge is 0.0683 e. The van der Waals surface area contributed by atoms with Gasteiger partial charge in [0.05, 0.1) is 11.4 Å². The molecule has 0 amide bonds. The van der Waals surface area contributed by atoms with Crippen LogP contribution in [0.2, 0.25) is 0 Å². The van der Waals surface area contributed by atoms with Gasteiger partial charge in [-0.25, -0.2) is 0 Å². The Morgan fingerprint density at radius 3 is 2.40 bits per heavy atom. The molecule has 0 saturated heterocycles. The van der Waals surface area contributed by atoms with Gasteiger partial charge in [-0.3, -0.25) is 9.98 Å². The number of allylic oxidation sites excluding steroid dienone is 6. The largest absolute Gasteiger partial charge is 0.304 e. The Labute approximate surface area is 187 Å². The van der Waals surface area contributed by atoms with Gasteiger partial charge in [-0.15, -0.1) is 0 Å². The number of hydrogen-bond acceptors (Lipinski definition) is 3. The van der Waals surface area contributed by atoms with Gasteiger partial charge in [0, 0.05) is 23.9 Å². The summed E-state index contributed by atoms with van der Waals surface area (Å²) in [5, 5.41) is 0. The fourth-order valence-corrected chi connectivity index (χ4v) is 3.02. The van der Waals surface area contributed by atoms with Gasteiger partial charge < -0.3 is 4.90 Å². The van der Waals surface area contributed by atoms with E-state index in [9.17, 15) is 0 Å². The van der Waals surface area contributed by atoms with Gasteiger partial charge in [0.25, 0.3) is 0 Å². The van der Waals surface area contributed by atoms with Crippen molar-refractivity contribution in [3.8, 4) is 0 Å². The van der Waals surface area contributed by atoms with Crippen LogP contribution in [-0.4, -0.2) is 36.0 Å². The molecule has 0 radical (unpaired) electrons. The maximum atomic E-state index is 5.07. The number of hydrogen-bond donors (Lipinski definition) is 0. The van der Waals surface area contributed by atoms with Gasteiger partial charge >= 0.3 is 0 Å². The summed E-state index contributed by atoms with van der Waals surface area (Å²) in [5.41, 5.74) is 3.30. The highest BCUT2D eigenvalue weighted by Gasteiger charge is 2.15. The summed E-state index contributed by atoms with van der Waals surface area (Å²) in [7, 11) is 2.18. The highest BCUT2D eigenvalue weighted by Crippen LogP contribution is 2.14. The van der Waals surface area contributed by atoms with E-state index in [-0.39, 0.29) is 5.92 Å². The molecule has 30 heavy (non-hydrogen) atoms. The second-order valence-corrected chi connectivity index (χ2v) is 8.03. The van der Waals surface area contributed by atoms with Crippen molar-refractivity contribution in [1.82, 2.24) is 4.90 Å². The maximum absolute atomic E-state index is 5.07. The van der Waals surface area contributed by atoms with Crippen LogP contribution in [0.1, 0.15) is 87.0 Å². The number of aliphatic imine (C=N–C) groups is 2. The average Bonchev–Trinajstić information content (AvgIpc) is 2.74. The quantitative estimate of drug-likeness (QED) is 0.153. The van der Waals surface area contributed by atoms with Crippen molar-refractivity contribution in [1.29, 1.82) is 0 Å². The van der Waals surface area contributed by atoms with E-state index in [0.29, 0.717) is 6.04 Å². The van der Waals surface area contributed by atoms with Crippen LogP contribution in [0, 0.1) is 5.92 Å². The van der Waals surface area contributed by atoms with Crippen LogP contribution in [0.3, 0.4) is 0 Å². The molecular formula is C27H47N3. The molecule has 0 aromatic carbocycles. The molecule has 0 rings (SSSR count). The predicted molar refractivity (Wildman–Crippen MR) is 138 cm³/mol. The minimum absolute atomic E-state index is 0.223. The van der Waals surface area contributed by atoms with Crippen LogP contribution < -0.4 is 0 Å². The topological polar surface area (TPSA) is 28.0 Å². The third-order valence-corrected chi connectivity index (χ3v) is 5.31. The highest BCUT2D eigenvalue weighted by atomic mass is 15.1. The Hall–Kier alpha value is -1.74. The van der Waals surface area contributed by atoms with Crippen molar-refractivity contribution in [2.75, 3.05) is 13.6 Å². The lowest BCUT2D eigenvalue weighted by molar-refractivity contribution is 0.272. The van der Waals surface area contributed by atoms with Crippen molar-refractivity contribution in [2.24, 2.45) is 15.9 Å². The molecule has 0 aliphatic heterocycles. The summed E-state index contributed by atoms with van der Waals surface area (Å²) in [5.74, 6) is 0.223. The molecule has 0 aliphatic carbocycles. The lowest BCUT2D eigenvalue weighted by atomic mass is 9.96. The van der Waals surface area contributed by atoms with Gasteiger partial charge in [-0.05, 0) is 60.0 Å². The zero-order valence-electron chi connectivity index (χ0n) is 21.0. The van der Waals surface area contributed by atoms with Crippen molar-refractivity contribution in [3.05, 3.63) is 48.4 Å². The van der Waals surface area contributed by atoms with Crippen LogP contribution in [0.4, 0.5) is 0 Å². The fourth-order valence-electron chi connectivity index (χ4n) is 3.02. The highest BCUT2D eigenvalue weighted by molar-refractivity contribution is 6.43. The Balaban J connectivity index is 5.77. The minimum atomic E-state index is 0.223. The summed E-state index contributed by atoms with van der Waals surface area (Å²) < 4.78 is 0. The standard InChI is InChI=1S/C27H47N3/c1-9-13-15-17-18-23(5)27(28-22-11-3)26(19-16-14-10-2)29-24(6)20-21-25(7)30(8)12-4/h11,13,15,17-18,20,22-23,25H,9-10,12,14,16,19,21H2,1-8H3/b15-13-,18-17-,22-11+,24-20+,28-27-,29-26-. The van der Waals surface area contributed by atoms with Gasteiger partial charge in [0.15, 0.2) is 0 Å². The number of nitrogens with zero attached hydrogens (tertiary/aromatic N) is 3. The first-order valence-electron chi connectivity index (χ1n) is 11.9. The molecule has 170 valence electrons. The van der Waals surface area contributed by atoms with Gasteiger partial charge in [-0.1, -0.05) is 77.0 Å². The first-order valence-corrected chi connectivity index (χ1v) is 11.9. The Kier molecular flexibility index (Phi) is 17.0. The van der Waals surface area contributed by atoms with Crippen LogP contribution in [0.25, 0.3) is 0 Å². The predicted octanol–water partition coefficient (Wildman–Crippen LogP) is 7.77. The number of rotatable bonds is 15. The second kappa shape index (κ2) is 18.1. The van der Waals surface area contributed by atoms with E-state index >= 15 is 0 Å². The normalized spacial score (nSPS) is 16.5. The van der Waals surface area contributed by atoms with Crippen LogP contribution in [0.5, 0.6) is 0 Å². The first-order chi connectivity index (χ1) is 14.4. The van der Waals surface area contributed by atoms with Crippen LogP contribution >= 0.6 is 0 Å². The Morgan fingerprint density at radius 1 is 1.07 bits per heavy atom. The molecular weight excluding hydrogens is 366 g/mol. The van der Waals surface area contributed by atoms with Crippen molar-refractivity contribution >= 4 is 11.4 Å². The molecule has 2 unspecified atom stereocenters. The summed E-state index contributed by atoms with van der Waals surface area (Å²) in [4.78, 5) is 12.2. The number of unbranched alkanes of at least 4 members (excludes halogenated alkanes) is 2. The van der Waals surface area contributed by atoms with Gasteiger partial charge in [0.2, 0.25) is 0 Å². The molecule has 0 aromatic heterocycles. The minimum Gasteiger partial charge on any atom is -0.304 e. The monoisotopic (exact) mass is 413 g/mol. The SMILES string of the molecule is C/C=C/N=C(\C(CCCCC)=N/C(C)=C/CC(C)N(C)CC)C(C)/C=C\C=C/CC. The van der Waals surface area contributed by atoms with Crippen LogP contribution in [-0.2, 0) is 0 Å². The van der Waals surface area contributed by atoms with E-state index in [1.807, 2.05) is 19.2 Å². The summed E-state index contributed by atoms with van der Waals surface area (Å²) >= 11 is 0. The summed E-state index contributed by atoms with van der Waals surface area (Å²) in [6.45, 7) is 16.3. The van der Waals surface area contributed by atoms with E-state index in [1.165, 1.54) is 12.8 Å². The molecule has 0 aromatic rings. The molecule has 0 fully saturated rings. The van der Waals surface area contributed by atoms with E-state index in [4.69, 9.17) is 9.98 Å². The summed E-state index contributed by atoms with van der Waals surface area (Å²) in [6.07, 6.45) is 21.4. The molecule has 0 saturated carbocycles. The van der Waals surface area contributed by atoms with Crippen molar-refractivity contribution in [3.63, 3.8) is 0 Å². The molecule has 0 aliphatic rings. The molecule has 0 heterocycles. The third-order valence-electron chi connectivity index (χ3n) is 5.31. The molecule has 3 heteroatoms. The molecule has 0 bridgehead atoms. The second-order valence-electron chi connectivity index (χ2n) is 8.03. The van der Waals surface area contributed by atoms with Crippen molar-refractivity contribution < 1.29 is 0 Å². The Bertz CT molecular complexity index is 620. The Morgan fingerprint density at radius 2 is 1.80 bits per heavy atom. The van der Waals surface area contributed by atoms with Crippen LogP contribution in [0.15, 0.2) is 58.3 Å². The van der Waals surface area contributed by atoms with E-state index in [0.717, 1.165) is 49.3 Å². The lowest BCUT2D eigenvalue weighted by Crippen LogP contribution is -2.28. The van der Waals surface area contributed by atoms with Gasteiger partial charge in [-0.2, -0.15) is 0 Å². The van der Waals surface area contributed by atoms with Gasteiger partial charge in [0.1, 0.15) is 0 Å². The molecule has 0 N–H and O–H groups in total. The fraction of sp³-hybridized carbons (Fsp3) is 0.630. The zero-order valence-corrected chi connectivity index (χ0v) is 21.0. The third kappa shape index (κ3) is 12.7.